The first-order valence-electron chi connectivity index (χ1n) is 6.87. The number of benzene rings is 1. The second kappa shape index (κ2) is 6.04. The average molecular weight is 360 g/mol. The van der Waals surface area contributed by atoms with Crippen LogP contribution in [0, 0.1) is 18.8 Å². The molecule has 3 rings (SSSR count). The third kappa shape index (κ3) is 2.74. The fourth-order valence-corrected chi connectivity index (χ4v) is 3.99. The van der Waals surface area contributed by atoms with E-state index in [1.54, 1.807) is 0 Å². The summed E-state index contributed by atoms with van der Waals surface area (Å²) in [6.45, 7) is 3.70. The van der Waals surface area contributed by atoms with Crippen LogP contribution in [0.4, 0.5) is 0 Å². The van der Waals surface area contributed by atoms with Crippen LogP contribution in [-0.4, -0.2) is 29.9 Å². The Bertz CT molecular complexity index is 523. The van der Waals surface area contributed by atoms with Gasteiger partial charge in [0, 0.05) is 29.2 Å². The minimum atomic E-state index is 0. The minimum absolute atomic E-state index is 0. The maximum absolute atomic E-state index is 12.6. The molecular weight excluding hydrogens is 340 g/mol. The zero-order chi connectivity index (χ0) is 13.6. The van der Waals surface area contributed by atoms with E-state index in [0.717, 1.165) is 35.1 Å². The summed E-state index contributed by atoms with van der Waals surface area (Å²) in [4.78, 5) is 14.6. The van der Waals surface area contributed by atoms with Crippen LogP contribution in [0.25, 0.3) is 0 Å². The highest BCUT2D eigenvalue weighted by molar-refractivity contribution is 9.10. The van der Waals surface area contributed by atoms with E-state index in [0.29, 0.717) is 11.8 Å². The van der Waals surface area contributed by atoms with Crippen molar-refractivity contribution in [3.05, 3.63) is 33.8 Å². The second-order valence-corrected chi connectivity index (χ2v) is 6.75. The van der Waals surface area contributed by atoms with Gasteiger partial charge >= 0.3 is 0 Å². The molecule has 2 fully saturated rings. The Kier molecular flexibility index (Phi) is 4.77. The van der Waals surface area contributed by atoms with Crippen LogP contribution in [0.5, 0.6) is 0 Å². The van der Waals surface area contributed by atoms with Gasteiger partial charge in [0.15, 0.2) is 0 Å². The van der Waals surface area contributed by atoms with Gasteiger partial charge in [0.1, 0.15) is 0 Å². The first-order valence-corrected chi connectivity index (χ1v) is 7.66. The summed E-state index contributed by atoms with van der Waals surface area (Å²) in [6.07, 6.45) is 2.30. The van der Waals surface area contributed by atoms with Crippen molar-refractivity contribution in [1.82, 2.24) is 4.90 Å². The third-order valence-corrected chi connectivity index (χ3v) is 5.11. The molecule has 1 amide bonds. The summed E-state index contributed by atoms with van der Waals surface area (Å²) >= 11 is 3.43. The Hall–Kier alpha value is -0.580. The first-order chi connectivity index (χ1) is 9.06. The van der Waals surface area contributed by atoms with Gasteiger partial charge in [0.25, 0.3) is 5.91 Å². The number of aryl methyl sites for hydroxylation is 1. The van der Waals surface area contributed by atoms with E-state index in [4.69, 9.17) is 5.73 Å². The molecule has 1 saturated heterocycles. The number of carbonyl (C=O) groups excluding carboxylic acids is 1. The molecule has 20 heavy (non-hydrogen) atoms. The number of hydrogen-bond acceptors (Lipinski definition) is 2. The number of nitrogens with zero attached hydrogens (tertiary/aromatic N) is 1. The van der Waals surface area contributed by atoms with E-state index >= 15 is 0 Å². The summed E-state index contributed by atoms with van der Waals surface area (Å²) in [5, 5.41) is 0. The number of hydrogen-bond donors (Lipinski definition) is 1. The van der Waals surface area contributed by atoms with Gasteiger partial charge in [0.2, 0.25) is 0 Å². The van der Waals surface area contributed by atoms with Crippen molar-refractivity contribution in [3.63, 3.8) is 0 Å². The van der Waals surface area contributed by atoms with Crippen LogP contribution in [0.1, 0.15) is 28.8 Å². The maximum Gasteiger partial charge on any atom is 0.254 e. The molecule has 3 unspecified atom stereocenters. The van der Waals surface area contributed by atoms with Gasteiger partial charge in [0.05, 0.1) is 0 Å². The van der Waals surface area contributed by atoms with Crippen LogP contribution in [0.3, 0.4) is 0 Å². The fourth-order valence-electron chi connectivity index (χ4n) is 3.51. The van der Waals surface area contributed by atoms with Gasteiger partial charge in [-0.3, -0.25) is 4.79 Å². The Labute approximate surface area is 134 Å². The number of fused-ring (bicyclic) bond motifs is 1. The lowest BCUT2D eigenvalue weighted by Gasteiger charge is -2.20. The average Bonchev–Trinajstić information content (AvgIpc) is 2.91. The van der Waals surface area contributed by atoms with Crippen LogP contribution in [-0.2, 0) is 0 Å². The lowest BCUT2D eigenvalue weighted by atomic mass is 9.98. The molecule has 2 aliphatic rings. The first kappa shape index (κ1) is 15.8. The number of carbonyl (C=O) groups is 1. The Morgan fingerprint density at radius 1 is 1.35 bits per heavy atom. The highest BCUT2D eigenvalue weighted by Crippen LogP contribution is 2.37. The molecule has 0 bridgehead atoms. The molecule has 0 radical (unpaired) electrons. The van der Waals surface area contributed by atoms with E-state index in [-0.39, 0.29) is 24.4 Å². The maximum atomic E-state index is 12.6. The summed E-state index contributed by atoms with van der Waals surface area (Å²) < 4.78 is 1.02. The Balaban J connectivity index is 0.00000147. The van der Waals surface area contributed by atoms with E-state index in [1.165, 1.54) is 6.42 Å². The van der Waals surface area contributed by atoms with Crippen LogP contribution in [0.15, 0.2) is 22.7 Å². The highest BCUT2D eigenvalue weighted by atomic mass is 79.9. The van der Waals surface area contributed by atoms with Crippen molar-refractivity contribution in [2.24, 2.45) is 17.6 Å². The molecule has 1 aromatic carbocycles. The molecule has 110 valence electrons. The van der Waals surface area contributed by atoms with Crippen molar-refractivity contribution < 1.29 is 4.79 Å². The van der Waals surface area contributed by atoms with Crippen LogP contribution >= 0.6 is 28.3 Å². The summed E-state index contributed by atoms with van der Waals surface area (Å²) in [5.74, 6) is 1.29. The molecule has 3 atom stereocenters. The third-order valence-electron chi connectivity index (χ3n) is 4.62. The normalized spacial score (nSPS) is 28.1. The molecule has 0 spiro atoms. The van der Waals surface area contributed by atoms with Gasteiger partial charge in [-0.2, -0.15) is 0 Å². The molecule has 1 aromatic rings. The van der Waals surface area contributed by atoms with Gasteiger partial charge in [-0.05, 0) is 55.4 Å². The second-order valence-electron chi connectivity index (χ2n) is 5.83. The Morgan fingerprint density at radius 3 is 2.75 bits per heavy atom. The van der Waals surface area contributed by atoms with Crippen molar-refractivity contribution in [2.45, 2.75) is 25.8 Å². The van der Waals surface area contributed by atoms with E-state index in [1.807, 2.05) is 30.0 Å². The highest BCUT2D eigenvalue weighted by Gasteiger charge is 2.42. The standard InChI is InChI=1S/C15H19BrN2O.ClH/c1-9-6-11(16)3-4-12(9)15(19)18-7-10-2-5-14(17)13(10)8-18;/h3-4,6,10,13-14H,2,5,7-8,17H2,1H3;1H. The minimum Gasteiger partial charge on any atom is -0.338 e. The predicted molar refractivity (Wildman–Crippen MR) is 86.2 cm³/mol. The monoisotopic (exact) mass is 358 g/mol. The molecule has 1 heterocycles. The molecular formula is C15H20BrClN2O. The van der Waals surface area contributed by atoms with Crippen molar-refractivity contribution in [1.29, 1.82) is 0 Å². The number of amides is 1. The SMILES string of the molecule is Cc1cc(Br)ccc1C(=O)N1CC2CCC(N)C2C1.Cl. The molecule has 1 saturated carbocycles. The van der Waals surface area contributed by atoms with Crippen molar-refractivity contribution in [2.75, 3.05) is 13.1 Å². The van der Waals surface area contributed by atoms with Gasteiger partial charge < -0.3 is 10.6 Å². The summed E-state index contributed by atoms with van der Waals surface area (Å²) in [7, 11) is 0. The van der Waals surface area contributed by atoms with Gasteiger partial charge in [-0.15, -0.1) is 12.4 Å². The van der Waals surface area contributed by atoms with E-state index in [2.05, 4.69) is 15.9 Å². The molecule has 2 N–H and O–H groups in total. The molecule has 0 aromatic heterocycles. The van der Waals surface area contributed by atoms with E-state index < -0.39 is 0 Å². The van der Waals surface area contributed by atoms with Gasteiger partial charge in [-0.1, -0.05) is 15.9 Å². The van der Waals surface area contributed by atoms with Gasteiger partial charge in [-0.25, -0.2) is 0 Å². The van der Waals surface area contributed by atoms with Crippen LogP contribution < -0.4 is 5.73 Å². The zero-order valence-corrected chi connectivity index (χ0v) is 13.9. The van der Waals surface area contributed by atoms with Crippen molar-refractivity contribution >= 4 is 34.2 Å². The predicted octanol–water partition coefficient (Wildman–Crippen LogP) is 2.99. The zero-order valence-electron chi connectivity index (χ0n) is 11.5. The molecule has 5 heteroatoms. The molecule has 3 nitrogen and oxygen atoms in total. The van der Waals surface area contributed by atoms with Crippen molar-refractivity contribution in [3.8, 4) is 0 Å². The van der Waals surface area contributed by atoms with Crippen LogP contribution in [0.2, 0.25) is 0 Å². The quantitative estimate of drug-likeness (QED) is 0.838. The Morgan fingerprint density at radius 2 is 2.10 bits per heavy atom. The summed E-state index contributed by atoms with van der Waals surface area (Å²) in [5.41, 5.74) is 7.97. The number of rotatable bonds is 1. The smallest absolute Gasteiger partial charge is 0.254 e. The number of halogens is 2. The van der Waals surface area contributed by atoms with E-state index in [9.17, 15) is 4.79 Å². The fraction of sp³-hybridized carbons (Fsp3) is 0.533. The number of likely N-dealkylation sites (tertiary alicyclic amines) is 1. The number of nitrogens with two attached hydrogens (primary N) is 1. The molecule has 1 aliphatic heterocycles. The largest absolute Gasteiger partial charge is 0.338 e. The lowest BCUT2D eigenvalue weighted by Crippen LogP contribution is -2.33. The topological polar surface area (TPSA) is 46.3 Å². The summed E-state index contributed by atoms with van der Waals surface area (Å²) in [6, 6.07) is 6.13. The lowest BCUT2D eigenvalue weighted by molar-refractivity contribution is 0.0779. The molecule has 1 aliphatic carbocycles.